The maximum Gasteiger partial charge on any atom is 0.251 e. The van der Waals surface area contributed by atoms with Crippen LogP contribution in [0.4, 0.5) is 0 Å². The molecule has 0 atom stereocenters. The topological polar surface area (TPSA) is 58.6 Å². The van der Waals surface area contributed by atoms with Crippen LogP contribution < -0.4 is 10.1 Å². The number of benzene rings is 3. The number of ether oxygens (including phenoxy) is 1. The molecule has 28 heavy (non-hydrogen) atoms. The maximum absolute atomic E-state index is 12.4. The van der Waals surface area contributed by atoms with Crippen LogP contribution in [0, 0.1) is 0 Å². The molecule has 7 heteroatoms. The Balaban J connectivity index is 1.61. The fourth-order valence-electron chi connectivity index (χ4n) is 2.51. The van der Waals surface area contributed by atoms with E-state index < -0.39 is 0 Å². The summed E-state index contributed by atoms with van der Waals surface area (Å²) >= 11 is 17.9. The average molecular weight is 437 g/mol. The monoisotopic (exact) mass is 435 g/mol. The molecule has 0 unspecified atom stereocenters. The lowest BCUT2D eigenvalue weighted by Crippen LogP contribution is -2.23. The molecule has 0 saturated heterocycles. The Bertz CT molecular complexity index is 950. The van der Waals surface area contributed by atoms with Crippen LogP contribution in [0.3, 0.4) is 0 Å². The van der Waals surface area contributed by atoms with Gasteiger partial charge in [0.05, 0.1) is 15.1 Å². The zero-order valence-corrected chi connectivity index (χ0v) is 16.9. The summed E-state index contributed by atoms with van der Waals surface area (Å²) in [6.45, 7) is 0.426. The summed E-state index contributed by atoms with van der Waals surface area (Å²) in [5.74, 6) is 0.116. The molecule has 0 aliphatic rings. The van der Waals surface area contributed by atoms with Crippen molar-refractivity contribution in [2.24, 2.45) is 0 Å². The average Bonchev–Trinajstić information content (AvgIpc) is 2.72. The Morgan fingerprint density at radius 3 is 2.32 bits per heavy atom. The van der Waals surface area contributed by atoms with Gasteiger partial charge >= 0.3 is 0 Å². The van der Waals surface area contributed by atoms with Crippen molar-refractivity contribution in [1.29, 1.82) is 0 Å². The van der Waals surface area contributed by atoms with Crippen molar-refractivity contribution >= 4 is 40.7 Å². The first-order valence-corrected chi connectivity index (χ1v) is 9.49. The number of carbonyl (C=O) groups is 1. The Labute approximate surface area is 177 Å². The minimum atomic E-state index is -0.332. The lowest BCUT2D eigenvalue weighted by atomic mass is 10.1. The Morgan fingerprint density at radius 2 is 1.64 bits per heavy atom. The lowest BCUT2D eigenvalue weighted by molar-refractivity contribution is 0.0950. The largest absolute Gasteiger partial charge is 0.506 e. The molecular weight excluding hydrogens is 421 g/mol. The molecule has 0 bridgehead atoms. The SMILES string of the molecule is O=C(NCc1c(O)c(Cl)cc(Cl)c1Cl)c1ccc(OCc2ccccc2)cc1. The molecule has 3 aromatic rings. The third-order valence-corrected chi connectivity index (χ3v) is 5.15. The maximum atomic E-state index is 12.4. The van der Waals surface area contributed by atoms with E-state index in [1.807, 2.05) is 30.3 Å². The van der Waals surface area contributed by atoms with Crippen LogP contribution in [-0.2, 0) is 13.2 Å². The molecule has 4 nitrogen and oxygen atoms in total. The first-order chi connectivity index (χ1) is 13.5. The van der Waals surface area contributed by atoms with Gasteiger partial charge in [0.15, 0.2) is 0 Å². The van der Waals surface area contributed by atoms with Gasteiger partial charge in [-0.05, 0) is 35.9 Å². The number of hydrogen-bond donors (Lipinski definition) is 2. The number of nitrogens with one attached hydrogen (secondary N) is 1. The van der Waals surface area contributed by atoms with Gasteiger partial charge in [-0.15, -0.1) is 0 Å². The van der Waals surface area contributed by atoms with E-state index in [0.717, 1.165) is 5.56 Å². The lowest BCUT2D eigenvalue weighted by Gasteiger charge is -2.12. The van der Waals surface area contributed by atoms with Crippen molar-refractivity contribution in [2.75, 3.05) is 0 Å². The van der Waals surface area contributed by atoms with Gasteiger partial charge in [0.1, 0.15) is 18.1 Å². The molecule has 1 amide bonds. The normalized spacial score (nSPS) is 10.5. The van der Waals surface area contributed by atoms with Crippen molar-refractivity contribution in [3.8, 4) is 11.5 Å². The van der Waals surface area contributed by atoms with Crippen LogP contribution in [0.5, 0.6) is 11.5 Å². The summed E-state index contributed by atoms with van der Waals surface area (Å²) in [7, 11) is 0. The van der Waals surface area contributed by atoms with Crippen LogP contribution >= 0.6 is 34.8 Å². The highest BCUT2D eigenvalue weighted by Crippen LogP contribution is 2.38. The van der Waals surface area contributed by atoms with E-state index in [9.17, 15) is 9.90 Å². The standard InChI is InChI=1S/C21H16Cl3NO3/c22-17-10-18(23)20(26)16(19(17)24)11-25-21(27)14-6-8-15(9-7-14)28-12-13-4-2-1-3-5-13/h1-10,26H,11-12H2,(H,25,27). The van der Waals surface area contributed by atoms with Gasteiger partial charge in [0, 0.05) is 17.7 Å². The molecule has 3 rings (SSSR count). The fraction of sp³-hybridized carbons (Fsp3) is 0.0952. The summed E-state index contributed by atoms with van der Waals surface area (Å²) in [5.41, 5.74) is 1.76. The number of amides is 1. The zero-order valence-electron chi connectivity index (χ0n) is 14.6. The van der Waals surface area contributed by atoms with Crippen LogP contribution in [0.25, 0.3) is 0 Å². The number of aromatic hydroxyl groups is 1. The minimum Gasteiger partial charge on any atom is -0.506 e. The quantitative estimate of drug-likeness (QED) is 0.476. The van der Waals surface area contributed by atoms with Crippen molar-refractivity contribution < 1.29 is 14.6 Å². The van der Waals surface area contributed by atoms with E-state index in [4.69, 9.17) is 39.5 Å². The predicted molar refractivity (Wildman–Crippen MR) is 112 cm³/mol. The summed E-state index contributed by atoms with van der Waals surface area (Å²) in [5, 5.41) is 13.1. The third kappa shape index (κ3) is 4.90. The van der Waals surface area contributed by atoms with E-state index in [1.54, 1.807) is 24.3 Å². The smallest absolute Gasteiger partial charge is 0.251 e. The van der Waals surface area contributed by atoms with Crippen LogP contribution in [-0.4, -0.2) is 11.0 Å². The molecule has 2 N–H and O–H groups in total. The van der Waals surface area contributed by atoms with E-state index in [1.165, 1.54) is 6.07 Å². The van der Waals surface area contributed by atoms with Crippen molar-refractivity contribution in [3.05, 3.63) is 92.4 Å². The number of halogens is 3. The minimum absolute atomic E-state index is 0.0178. The van der Waals surface area contributed by atoms with Crippen LogP contribution in [0.1, 0.15) is 21.5 Å². The van der Waals surface area contributed by atoms with E-state index in [-0.39, 0.29) is 38.8 Å². The fourth-order valence-corrected chi connectivity index (χ4v) is 3.22. The van der Waals surface area contributed by atoms with Gasteiger partial charge in [-0.25, -0.2) is 0 Å². The molecule has 0 aliphatic heterocycles. The molecule has 0 heterocycles. The van der Waals surface area contributed by atoms with Gasteiger partial charge in [-0.2, -0.15) is 0 Å². The first kappa shape index (κ1) is 20.3. The van der Waals surface area contributed by atoms with Gasteiger partial charge in [-0.3, -0.25) is 4.79 Å². The highest BCUT2D eigenvalue weighted by molar-refractivity contribution is 6.44. The van der Waals surface area contributed by atoms with Gasteiger partial charge in [0.2, 0.25) is 0 Å². The van der Waals surface area contributed by atoms with E-state index in [0.29, 0.717) is 17.9 Å². The molecule has 144 valence electrons. The molecule has 0 radical (unpaired) electrons. The summed E-state index contributed by atoms with van der Waals surface area (Å²) in [6, 6.07) is 17.9. The van der Waals surface area contributed by atoms with E-state index >= 15 is 0 Å². The summed E-state index contributed by atoms with van der Waals surface area (Å²) in [6.07, 6.45) is 0. The van der Waals surface area contributed by atoms with Crippen molar-refractivity contribution in [2.45, 2.75) is 13.2 Å². The summed E-state index contributed by atoms with van der Waals surface area (Å²) in [4.78, 5) is 12.4. The third-order valence-electron chi connectivity index (χ3n) is 4.03. The first-order valence-electron chi connectivity index (χ1n) is 8.36. The number of rotatable bonds is 6. The number of hydrogen-bond acceptors (Lipinski definition) is 3. The molecular formula is C21H16Cl3NO3. The molecule has 0 fully saturated rings. The summed E-state index contributed by atoms with van der Waals surface area (Å²) < 4.78 is 5.70. The van der Waals surface area contributed by atoms with Crippen molar-refractivity contribution in [1.82, 2.24) is 5.32 Å². The Hall–Kier alpha value is -2.40. The number of carbonyl (C=O) groups excluding carboxylic acids is 1. The highest BCUT2D eigenvalue weighted by atomic mass is 35.5. The second-order valence-electron chi connectivity index (χ2n) is 5.96. The van der Waals surface area contributed by atoms with Crippen LogP contribution in [0.2, 0.25) is 15.1 Å². The highest BCUT2D eigenvalue weighted by Gasteiger charge is 2.16. The van der Waals surface area contributed by atoms with E-state index in [2.05, 4.69) is 5.32 Å². The molecule has 0 saturated carbocycles. The second kappa shape index (κ2) is 9.20. The Kier molecular flexibility index (Phi) is 6.68. The van der Waals surface area contributed by atoms with Gasteiger partial charge in [-0.1, -0.05) is 65.1 Å². The Morgan fingerprint density at radius 1 is 0.964 bits per heavy atom. The van der Waals surface area contributed by atoms with Crippen LogP contribution in [0.15, 0.2) is 60.7 Å². The molecule has 0 aliphatic carbocycles. The predicted octanol–water partition coefficient (Wildman–Crippen LogP) is 5.86. The second-order valence-corrected chi connectivity index (χ2v) is 7.16. The van der Waals surface area contributed by atoms with Crippen molar-refractivity contribution in [3.63, 3.8) is 0 Å². The zero-order chi connectivity index (χ0) is 20.1. The molecule has 0 spiro atoms. The van der Waals surface area contributed by atoms with Gasteiger partial charge < -0.3 is 15.2 Å². The number of phenolic OH excluding ortho intramolecular Hbond substituents is 1. The molecule has 0 aromatic heterocycles. The number of phenols is 1. The molecule has 3 aromatic carbocycles. The van der Waals surface area contributed by atoms with Gasteiger partial charge in [0.25, 0.3) is 5.91 Å².